The van der Waals surface area contributed by atoms with E-state index < -0.39 is 0 Å². The zero-order chi connectivity index (χ0) is 15.2. The van der Waals surface area contributed by atoms with Gasteiger partial charge in [-0.05, 0) is 37.6 Å². The number of nitrogens with zero attached hydrogens (tertiary/aromatic N) is 1. The van der Waals surface area contributed by atoms with Crippen molar-refractivity contribution in [2.45, 2.75) is 39.7 Å². The molecule has 1 aromatic carbocycles. The molecule has 0 radical (unpaired) electrons. The average molecular weight is 327 g/mol. The molecule has 0 atom stereocenters. The summed E-state index contributed by atoms with van der Waals surface area (Å²) in [5, 5.41) is 4.54. The summed E-state index contributed by atoms with van der Waals surface area (Å²) in [6, 6.07) is 4.75. The Kier molecular flexibility index (Phi) is 6.15. The highest BCUT2D eigenvalue weighted by molar-refractivity contribution is 7.15. The Morgan fingerprint density at radius 1 is 1.29 bits per heavy atom. The van der Waals surface area contributed by atoms with Crippen LogP contribution in [0, 0.1) is 5.82 Å². The van der Waals surface area contributed by atoms with Crippen molar-refractivity contribution in [3.05, 3.63) is 39.6 Å². The molecule has 2 nitrogen and oxygen atoms in total. The van der Waals surface area contributed by atoms with Crippen molar-refractivity contribution in [1.29, 1.82) is 0 Å². The minimum Gasteiger partial charge on any atom is -0.312 e. The molecule has 1 N–H and O–H groups in total. The molecule has 2 aromatic rings. The van der Waals surface area contributed by atoms with Crippen molar-refractivity contribution in [1.82, 2.24) is 10.3 Å². The topological polar surface area (TPSA) is 24.9 Å². The smallest absolute Gasteiger partial charge is 0.134 e. The molecule has 0 saturated carbocycles. The van der Waals surface area contributed by atoms with Gasteiger partial charge in [-0.25, -0.2) is 9.37 Å². The third kappa shape index (κ3) is 4.25. The first kappa shape index (κ1) is 16.4. The summed E-state index contributed by atoms with van der Waals surface area (Å²) >= 11 is 7.37. The number of thiazole rings is 1. The van der Waals surface area contributed by atoms with E-state index in [0.29, 0.717) is 10.6 Å². The maximum absolute atomic E-state index is 14.0. The number of rotatable bonds is 7. The predicted molar refractivity (Wildman–Crippen MR) is 88.5 cm³/mol. The van der Waals surface area contributed by atoms with Gasteiger partial charge in [0.05, 0.1) is 5.69 Å². The van der Waals surface area contributed by atoms with Crippen LogP contribution in [0.2, 0.25) is 5.02 Å². The molecule has 0 saturated heterocycles. The van der Waals surface area contributed by atoms with Crippen molar-refractivity contribution in [3.8, 4) is 10.6 Å². The van der Waals surface area contributed by atoms with Gasteiger partial charge in [-0.3, -0.25) is 0 Å². The van der Waals surface area contributed by atoms with Gasteiger partial charge in [-0.1, -0.05) is 31.9 Å². The Balaban J connectivity index is 2.29. The standard InChI is InChI=1S/C16H20ClFN2S/c1-3-5-14-15(10-19-8-4-2)21-16(20-14)12-7-6-11(17)9-13(12)18/h6-7,9,19H,3-5,8,10H2,1-2H3. The molecule has 0 amide bonds. The van der Waals surface area contributed by atoms with Gasteiger partial charge < -0.3 is 5.32 Å². The van der Waals surface area contributed by atoms with Crippen molar-refractivity contribution < 1.29 is 4.39 Å². The first-order chi connectivity index (χ1) is 10.2. The molecule has 1 aromatic heterocycles. The SMILES string of the molecule is CCCNCc1sc(-c2ccc(Cl)cc2F)nc1CCC. The van der Waals surface area contributed by atoms with E-state index in [1.807, 2.05) is 0 Å². The lowest BCUT2D eigenvalue weighted by Gasteiger charge is -2.02. The van der Waals surface area contributed by atoms with Crippen LogP contribution < -0.4 is 5.32 Å². The van der Waals surface area contributed by atoms with E-state index >= 15 is 0 Å². The van der Waals surface area contributed by atoms with Crippen LogP contribution >= 0.6 is 22.9 Å². The molecule has 5 heteroatoms. The van der Waals surface area contributed by atoms with E-state index in [2.05, 4.69) is 24.1 Å². The highest BCUT2D eigenvalue weighted by atomic mass is 35.5. The second kappa shape index (κ2) is 7.87. The fourth-order valence-electron chi connectivity index (χ4n) is 2.11. The van der Waals surface area contributed by atoms with Gasteiger partial charge >= 0.3 is 0 Å². The molecule has 0 unspecified atom stereocenters. The van der Waals surface area contributed by atoms with Gasteiger partial charge in [0.1, 0.15) is 10.8 Å². The largest absolute Gasteiger partial charge is 0.312 e. The number of halogens is 2. The van der Waals surface area contributed by atoms with Gasteiger partial charge in [-0.15, -0.1) is 11.3 Å². The van der Waals surface area contributed by atoms with Crippen LogP contribution in [0.5, 0.6) is 0 Å². The number of hydrogen-bond acceptors (Lipinski definition) is 3. The lowest BCUT2D eigenvalue weighted by atomic mass is 10.2. The fraction of sp³-hybridized carbons (Fsp3) is 0.438. The minimum absolute atomic E-state index is 0.313. The monoisotopic (exact) mass is 326 g/mol. The highest BCUT2D eigenvalue weighted by Gasteiger charge is 2.14. The number of benzene rings is 1. The summed E-state index contributed by atoms with van der Waals surface area (Å²) in [6.07, 6.45) is 3.06. The number of aryl methyl sites for hydroxylation is 1. The second-order valence-electron chi connectivity index (χ2n) is 4.94. The first-order valence-corrected chi connectivity index (χ1v) is 8.49. The summed E-state index contributed by atoms with van der Waals surface area (Å²) in [5.41, 5.74) is 1.61. The van der Waals surface area contributed by atoms with E-state index in [1.165, 1.54) is 10.9 Å². The molecule has 0 aliphatic heterocycles. The van der Waals surface area contributed by atoms with Crippen LogP contribution in [-0.2, 0) is 13.0 Å². The number of hydrogen-bond donors (Lipinski definition) is 1. The van der Waals surface area contributed by atoms with Crippen molar-refractivity contribution in [2.24, 2.45) is 0 Å². The molecular weight excluding hydrogens is 307 g/mol. The summed E-state index contributed by atoms with van der Waals surface area (Å²) < 4.78 is 14.0. The zero-order valence-electron chi connectivity index (χ0n) is 12.4. The lowest BCUT2D eigenvalue weighted by molar-refractivity contribution is 0.631. The predicted octanol–water partition coefficient (Wildman–Crippen LogP) is 5.05. The van der Waals surface area contributed by atoms with Gasteiger partial charge in [0, 0.05) is 22.0 Å². The maximum Gasteiger partial charge on any atom is 0.134 e. The lowest BCUT2D eigenvalue weighted by Crippen LogP contribution is -2.13. The van der Waals surface area contributed by atoms with Gasteiger partial charge in [-0.2, -0.15) is 0 Å². The fourth-order valence-corrected chi connectivity index (χ4v) is 3.37. The second-order valence-corrected chi connectivity index (χ2v) is 6.46. The van der Waals surface area contributed by atoms with Gasteiger partial charge in [0.15, 0.2) is 0 Å². The molecule has 21 heavy (non-hydrogen) atoms. The van der Waals surface area contributed by atoms with Crippen LogP contribution in [0.25, 0.3) is 10.6 Å². The van der Waals surface area contributed by atoms with E-state index in [1.54, 1.807) is 23.5 Å². The summed E-state index contributed by atoms with van der Waals surface area (Å²) in [6.45, 7) is 6.05. The van der Waals surface area contributed by atoms with Crippen molar-refractivity contribution >= 4 is 22.9 Å². The number of aromatic nitrogens is 1. The molecule has 0 spiro atoms. The molecule has 2 rings (SSSR count). The van der Waals surface area contributed by atoms with Crippen LogP contribution in [0.4, 0.5) is 4.39 Å². The zero-order valence-corrected chi connectivity index (χ0v) is 14.0. The molecule has 0 aliphatic carbocycles. The molecule has 0 bridgehead atoms. The summed E-state index contributed by atoms with van der Waals surface area (Å²) in [4.78, 5) is 5.84. The van der Waals surface area contributed by atoms with Crippen LogP contribution in [0.1, 0.15) is 37.3 Å². The van der Waals surface area contributed by atoms with Crippen LogP contribution in [-0.4, -0.2) is 11.5 Å². The first-order valence-electron chi connectivity index (χ1n) is 7.30. The number of nitrogens with one attached hydrogen (secondary N) is 1. The van der Waals surface area contributed by atoms with Crippen molar-refractivity contribution in [3.63, 3.8) is 0 Å². The van der Waals surface area contributed by atoms with Crippen LogP contribution in [0.3, 0.4) is 0 Å². The van der Waals surface area contributed by atoms with Gasteiger partial charge in [0.2, 0.25) is 0 Å². The molecular formula is C16H20ClFN2S. The molecule has 114 valence electrons. The summed E-state index contributed by atoms with van der Waals surface area (Å²) in [5.74, 6) is -0.313. The van der Waals surface area contributed by atoms with E-state index in [4.69, 9.17) is 11.6 Å². The summed E-state index contributed by atoms with van der Waals surface area (Å²) in [7, 11) is 0. The quantitative estimate of drug-likeness (QED) is 0.720. The molecule has 1 heterocycles. The minimum atomic E-state index is -0.313. The third-order valence-electron chi connectivity index (χ3n) is 3.14. The third-order valence-corrected chi connectivity index (χ3v) is 4.50. The van der Waals surface area contributed by atoms with E-state index in [0.717, 1.165) is 43.1 Å². The Labute approximate surface area is 134 Å². The maximum atomic E-state index is 14.0. The van der Waals surface area contributed by atoms with Crippen molar-refractivity contribution in [2.75, 3.05) is 6.54 Å². The Morgan fingerprint density at radius 2 is 2.10 bits per heavy atom. The molecule has 0 aliphatic rings. The average Bonchev–Trinajstić information content (AvgIpc) is 2.82. The Bertz CT molecular complexity index is 598. The Morgan fingerprint density at radius 3 is 2.76 bits per heavy atom. The Hall–Kier alpha value is -0.970. The molecule has 0 fully saturated rings. The van der Waals surface area contributed by atoms with E-state index in [9.17, 15) is 4.39 Å². The highest BCUT2D eigenvalue weighted by Crippen LogP contribution is 2.31. The normalized spacial score (nSPS) is 11.0. The van der Waals surface area contributed by atoms with Crippen LogP contribution in [0.15, 0.2) is 18.2 Å². The van der Waals surface area contributed by atoms with E-state index in [-0.39, 0.29) is 5.82 Å². The van der Waals surface area contributed by atoms with Gasteiger partial charge in [0.25, 0.3) is 0 Å².